The normalized spacial score (nSPS) is 18.7. The molecule has 0 amide bonds. The Morgan fingerprint density at radius 3 is 2.33 bits per heavy atom. The second kappa shape index (κ2) is 8.53. The summed E-state index contributed by atoms with van der Waals surface area (Å²) in [6.45, 7) is 6.36. The molecular formula is C19H30FN. The van der Waals surface area contributed by atoms with Crippen LogP contribution in [0.4, 0.5) is 4.39 Å². The third kappa shape index (κ3) is 5.10. The van der Waals surface area contributed by atoms with Crippen molar-refractivity contribution in [2.24, 2.45) is 11.8 Å². The average Bonchev–Trinajstić information content (AvgIpc) is 2.73. The summed E-state index contributed by atoms with van der Waals surface area (Å²) < 4.78 is 14.3. The Kier molecular flexibility index (Phi) is 6.69. The Labute approximate surface area is 129 Å². The van der Waals surface area contributed by atoms with Gasteiger partial charge in [-0.1, -0.05) is 57.7 Å². The van der Waals surface area contributed by atoms with Gasteiger partial charge < -0.3 is 5.32 Å². The molecule has 1 aromatic rings. The number of hydrogen-bond donors (Lipinski definition) is 1. The van der Waals surface area contributed by atoms with Gasteiger partial charge in [0.1, 0.15) is 5.82 Å². The quantitative estimate of drug-likeness (QED) is 0.717. The van der Waals surface area contributed by atoms with Gasteiger partial charge in [0.25, 0.3) is 0 Å². The van der Waals surface area contributed by atoms with Gasteiger partial charge in [-0.2, -0.15) is 0 Å². The summed E-state index contributed by atoms with van der Waals surface area (Å²) >= 11 is 0. The van der Waals surface area contributed by atoms with Crippen LogP contribution in [-0.2, 0) is 0 Å². The molecule has 1 saturated carbocycles. The van der Waals surface area contributed by atoms with E-state index in [4.69, 9.17) is 0 Å². The fourth-order valence-electron chi connectivity index (χ4n) is 3.55. The average molecular weight is 291 g/mol. The Morgan fingerprint density at radius 1 is 1.05 bits per heavy atom. The highest BCUT2D eigenvalue weighted by Gasteiger charge is 2.26. The van der Waals surface area contributed by atoms with E-state index >= 15 is 0 Å². The van der Waals surface area contributed by atoms with Crippen LogP contribution in [-0.4, -0.2) is 13.1 Å². The van der Waals surface area contributed by atoms with E-state index in [2.05, 4.69) is 19.2 Å². The van der Waals surface area contributed by atoms with Crippen LogP contribution in [0.5, 0.6) is 0 Å². The van der Waals surface area contributed by atoms with E-state index in [1.54, 1.807) is 12.1 Å². The maximum absolute atomic E-state index is 14.3. The minimum absolute atomic E-state index is 0.0295. The Morgan fingerprint density at radius 2 is 1.71 bits per heavy atom. The minimum atomic E-state index is -0.0295. The van der Waals surface area contributed by atoms with Crippen molar-refractivity contribution in [1.29, 1.82) is 0 Å². The molecular weight excluding hydrogens is 261 g/mol. The van der Waals surface area contributed by atoms with E-state index in [1.807, 2.05) is 12.1 Å². The molecule has 0 bridgehead atoms. The van der Waals surface area contributed by atoms with Gasteiger partial charge in [0.2, 0.25) is 0 Å². The molecule has 0 aliphatic heterocycles. The fourth-order valence-corrected chi connectivity index (χ4v) is 3.55. The van der Waals surface area contributed by atoms with Crippen molar-refractivity contribution in [3.63, 3.8) is 0 Å². The summed E-state index contributed by atoms with van der Waals surface area (Å²) in [6.07, 6.45) is 7.81. The van der Waals surface area contributed by atoms with Crippen LogP contribution >= 0.6 is 0 Å². The van der Waals surface area contributed by atoms with Gasteiger partial charge >= 0.3 is 0 Å². The molecule has 0 aromatic heterocycles. The van der Waals surface area contributed by atoms with Gasteiger partial charge in [-0.15, -0.1) is 0 Å². The van der Waals surface area contributed by atoms with E-state index in [1.165, 1.54) is 38.5 Å². The molecule has 1 nitrogen and oxygen atoms in total. The van der Waals surface area contributed by atoms with Gasteiger partial charge in [-0.3, -0.25) is 0 Å². The molecule has 1 aliphatic rings. The third-order valence-electron chi connectivity index (χ3n) is 4.69. The minimum Gasteiger partial charge on any atom is -0.316 e. The van der Waals surface area contributed by atoms with Gasteiger partial charge in [-0.05, 0) is 42.9 Å². The van der Waals surface area contributed by atoms with Crippen LogP contribution in [0.25, 0.3) is 0 Å². The molecule has 1 N–H and O–H groups in total. The van der Waals surface area contributed by atoms with E-state index in [0.29, 0.717) is 17.8 Å². The second-order valence-corrected chi connectivity index (χ2v) is 6.93. The lowest BCUT2D eigenvalue weighted by Crippen LogP contribution is -2.29. The zero-order chi connectivity index (χ0) is 15.1. The van der Waals surface area contributed by atoms with Crippen LogP contribution in [0, 0.1) is 17.7 Å². The Balaban J connectivity index is 2.11. The highest BCUT2D eigenvalue weighted by molar-refractivity contribution is 5.23. The Bertz CT molecular complexity index is 408. The first-order chi connectivity index (χ1) is 10.2. The lowest BCUT2D eigenvalue weighted by Gasteiger charge is -2.28. The van der Waals surface area contributed by atoms with E-state index in [-0.39, 0.29) is 5.82 Å². The van der Waals surface area contributed by atoms with E-state index in [9.17, 15) is 4.39 Å². The number of halogens is 1. The summed E-state index contributed by atoms with van der Waals surface area (Å²) in [5.74, 6) is 1.56. The predicted octanol–water partition coefficient (Wildman–Crippen LogP) is 5.13. The summed E-state index contributed by atoms with van der Waals surface area (Å²) in [5, 5.41) is 3.56. The van der Waals surface area contributed by atoms with Crippen molar-refractivity contribution < 1.29 is 4.39 Å². The zero-order valence-electron chi connectivity index (χ0n) is 13.6. The molecule has 118 valence electrons. The van der Waals surface area contributed by atoms with Crippen LogP contribution in [0.1, 0.15) is 63.9 Å². The largest absolute Gasteiger partial charge is 0.316 e. The summed E-state index contributed by atoms with van der Waals surface area (Å²) in [5.41, 5.74) is 0.917. The van der Waals surface area contributed by atoms with Gasteiger partial charge in [-0.25, -0.2) is 4.39 Å². The van der Waals surface area contributed by atoms with Gasteiger partial charge in [0, 0.05) is 12.5 Å². The van der Waals surface area contributed by atoms with Crippen molar-refractivity contribution in [3.05, 3.63) is 35.6 Å². The SMILES string of the molecule is CC(C)CNCC(c1ccccc1F)C1CCCCCC1. The predicted molar refractivity (Wildman–Crippen MR) is 88.0 cm³/mol. The standard InChI is InChI=1S/C19H30FN/c1-15(2)13-21-14-18(16-9-5-3-4-6-10-16)17-11-7-8-12-19(17)20/h7-8,11-12,15-16,18,21H,3-6,9-10,13-14H2,1-2H3. The number of hydrogen-bond acceptors (Lipinski definition) is 1. The summed E-state index contributed by atoms with van der Waals surface area (Å²) in [6, 6.07) is 7.37. The van der Waals surface area contributed by atoms with Crippen molar-refractivity contribution in [2.75, 3.05) is 13.1 Å². The smallest absolute Gasteiger partial charge is 0.126 e. The molecule has 21 heavy (non-hydrogen) atoms. The van der Waals surface area contributed by atoms with E-state index < -0.39 is 0 Å². The Hall–Kier alpha value is -0.890. The second-order valence-electron chi connectivity index (χ2n) is 6.93. The number of benzene rings is 1. The molecule has 0 radical (unpaired) electrons. The summed E-state index contributed by atoms with van der Waals surface area (Å²) in [7, 11) is 0. The van der Waals surface area contributed by atoms with Crippen LogP contribution in [0.15, 0.2) is 24.3 Å². The number of nitrogens with one attached hydrogen (secondary N) is 1. The molecule has 1 unspecified atom stereocenters. The maximum atomic E-state index is 14.3. The molecule has 1 aliphatic carbocycles. The highest BCUT2D eigenvalue weighted by atomic mass is 19.1. The monoisotopic (exact) mass is 291 g/mol. The lowest BCUT2D eigenvalue weighted by molar-refractivity contribution is 0.348. The molecule has 1 aromatic carbocycles. The van der Waals surface area contributed by atoms with Crippen molar-refractivity contribution in [1.82, 2.24) is 5.32 Å². The lowest BCUT2D eigenvalue weighted by atomic mass is 9.81. The van der Waals surface area contributed by atoms with Gasteiger partial charge in [0.15, 0.2) is 0 Å². The topological polar surface area (TPSA) is 12.0 Å². The third-order valence-corrected chi connectivity index (χ3v) is 4.69. The molecule has 0 saturated heterocycles. The first kappa shape index (κ1) is 16.5. The van der Waals surface area contributed by atoms with Crippen LogP contribution in [0.3, 0.4) is 0 Å². The van der Waals surface area contributed by atoms with Crippen molar-refractivity contribution in [3.8, 4) is 0 Å². The molecule has 1 fully saturated rings. The van der Waals surface area contributed by atoms with Crippen molar-refractivity contribution in [2.45, 2.75) is 58.3 Å². The van der Waals surface area contributed by atoms with Crippen LogP contribution < -0.4 is 5.32 Å². The summed E-state index contributed by atoms with van der Waals surface area (Å²) in [4.78, 5) is 0. The number of rotatable bonds is 6. The molecule has 2 rings (SSSR count). The first-order valence-electron chi connectivity index (χ1n) is 8.63. The van der Waals surface area contributed by atoms with Crippen molar-refractivity contribution >= 4 is 0 Å². The van der Waals surface area contributed by atoms with Crippen LogP contribution in [0.2, 0.25) is 0 Å². The fraction of sp³-hybridized carbons (Fsp3) is 0.684. The van der Waals surface area contributed by atoms with E-state index in [0.717, 1.165) is 18.7 Å². The van der Waals surface area contributed by atoms with Gasteiger partial charge in [0.05, 0.1) is 0 Å². The molecule has 0 heterocycles. The first-order valence-corrected chi connectivity index (χ1v) is 8.63. The molecule has 0 spiro atoms. The molecule has 1 atom stereocenters. The highest BCUT2D eigenvalue weighted by Crippen LogP contribution is 2.35. The zero-order valence-corrected chi connectivity index (χ0v) is 13.6. The maximum Gasteiger partial charge on any atom is 0.126 e. The molecule has 2 heteroatoms.